The summed E-state index contributed by atoms with van der Waals surface area (Å²) in [6.45, 7) is 7.44. The summed E-state index contributed by atoms with van der Waals surface area (Å²) in [7, 11) is 1.52. The van der Waals surface area contributed by atoms with E-state index in [1.54, 1.807) is 20.8 Å². The number of methoxy groups -OCH3 is 1. The quantitative estimate of drug-likeness (QED) is 0.502. The number of rotatable bonds is 7. The highest BCUT2D eigenvalue weighted by Gasteiger charge is 2.48. The van der Waals surface area contributed by atoms with Gasteiger partial charge in [-0.2, -0.15) is 0 Å². The Kier molecular flexibility index (Phi) is 6.80. The zero-order valence-corrected chi connectivity index (χ0v) is 11.2. The number of hydrogen-bond acceptors (Lipinski definition) is 5. The van der Waals surface area contributed by atoms with Crippen molar-refractivity contribution in [3.05, 3.63) is 0 Å². The van der Waals surface area contributed by atoms with Crippen LogP contribution in [0.25, 0.3) is 0 Å². The molecule has 0 aliphatic carbocycles. The van der Waals surface area contributed by atoms with E-state index in [-0.39, 0.29) is 25.7 Å². The SMILES string of the molecule is CCOC(=O)C(C)(C(=O)OCC)C(C)COC. The first kappa shape index (κ1) is 15.9. The summed E-state index contributed by atoms with van der Waals surface area (Å²) in [5, 5.41) is 0. The lowest BCUT2D eigenvalue weighted by molar-refractivity contribution is -0.176. The van der Waals surface area contributed by atoms with E-state index in [9.17, 15) is 9.59 Å². The van der Waals surface area contributed by atoms with E-state index in [0.717, 1.165) is 0 Å². The van der Waals surface area contributed by atoms with E-state index in [0.29, 0.717) is 0 Å². The number of carbonyl (C=O) groups excluding carboxylic acids is 2. The zero-order valence-electron chi connectivity index (χ0n) is 11.2. The predicted octanol–water partition coefficient (Wildman–Crippen LogP) is 1.40. The van der Waals surface area contributed by atoms with Crippen molar-refractivity contribution in [3.63, 3.8) is 0 Å². The van der Waals surface area contributed by atoms with Crippen molar-refractivity contribution < 1.29 is 23.8 Å². The maximum absolute atomic E-state index is 11.9. The highest BCUT2D eigenvalue weighted by atomic mass is 16.6. The molecule has 5 nitrogen and oxygen atoms in total. The summed E-state index contributed by atoms with van der Waals surface area (Å²) >= 11 is 0. The van der Waals surface area contributed by atoms with E-state index >= 15 is 0 Å². The van der Waals surface area contributed by atoms with Crippen LogP contribution >= 0.6 is 0 Å². The molecule has 0 aromatic rings. The highest BCUT2D eigenvalue weighted by molar-refractivity contribution is 6.00. The maximum Gasteiger partial charge on any atom is 0.323 e. The third kappa shape index (κ3) is 3.70. The van der Waals surface area contributed by atoms with Crippen LogP contribution in [0.5, 0.6) is 0 Å². The Morgan fingerprint density at radius 3 is 1.82 bits per heavy atom. The number of carbonyl (C=O) groups is 2. The van der Waals surface area contributed by atoms with Gasteiger partial charge < -0.3 is 14.2 Å². The Labute approximate surface area is 102 Å². The molecular weight excluding hydrogens is 224 g/mol. The molecule has 0 N–H and O–H groups in total. The number of ether oxygens (including phenoxy) is 3. The van der Waals surface area contributed by atoms with Crippen molar-refractivity contribution in [3.8, 4) is 0 Å². The van der Waals surface area contributed by atoms with E-state index in [4.69, 9.17) is 14.2 Å². The second-order valence-electron chi connectivity index (χ2n) is 4.00. The Morgan fingerprint density at radius 2 is 1.53 bits per heavy atom. The molecule has 0 radical (unpaired) electrons. The van der Waals surface area contributed by atoms with Gasteiger partial charge in [0.15, 0.2) is 5.41 Å². The minimum absolute atomic E-state index is 0.230. The smallest absolute Gasteiger partial charge is 0.323 e. The molecule has 0 amide bonds. The first-order valence-electron chi connectivity index (χ1n) is 5.78. The van der Waals surface area contributed by atoms with Crippen LogP contribution in [-0.4, -0.2) is 38.9 Å². The van der Waals surface area contributed by atoms with Gasteiger partial charge in [-0.1, -0.05) is 6.92 Å². The van der Waals surface area contributed by atoms with Gasteiger partial charge in [0.25, 0.3) is 0 Å². The second kappa shape index (κ2) is 7.27. The summed E-state index contributed by atoms with van der Waals surface area (Å²) in [5.74, 6) is -1.45. The molecule has 0 saturated carbocycles. The van der Waals surface area contributed by atoms with Crippen molar-refractivity contribution in [1.29, 1.82) is 0 Å². The standard InChI is InChI=1S/C12H22O5/c1-6-16-10(13)12(4,9(3)8-15-5)11(14)17-7-2/h9H,6-8H2,1-5H3. The summed E-state index contributed by atoms with van der Waals surface area (Å²) in [6.07, 6.45) is 0. The zero-order chi connectivity index (χ0) is 13.5. The Morgan fingerprint density at radius 1 is 1.12 bits per heavy atom. The molecule has 0 aromatic carbocycles. The Balaban J connectivity index is 5.04. The molecule has 0 spiro atoms. The van der Waals surface area contributed by atoms with Gasteiger partial charge in [0, 0.05) is 13.0 Å². The highest BCUT2D eigenvalue weighted by Crippen LogP contribution is 2.31. The van der Waals surface area contributed by atoms with E-state index in [1.807, 2.05) is 0 Å². The van der Waals surface area contributed by atoms with Crippen LogP contribution in [0, 0.1) is 11.3 Å². The fourth-order valence-electron chi connectivity index (χ4n) is 1.46. The van der Waals surface area contributed by atoms with Crippen LogP contribution in [0.2, 0.25) is 0 Å². The van der Waals surface area contributed by atoms with Crippen molar-refractivity contribution in [2.45, 2.75) is 27.7 Å². The van der Waals surface area contributed by atoms with Crippen molar-refractivity contribution in [2.75, 3.05) is 26.9 Å². The Hall–Kier alpha value is -1.10. The minimum Gasteiger partial charge on any atom is -0.465 e. The molecule has 1 unspecified atom stereocenters. The third-order valence-corrected chi connectivity index (χ3v) is 2.80. The molecule has 0 aliphatic heterocycles. The lowest BCUT2D eigenvalue weighted by Gasteiger charge is -2.30. The van der Waals surface area contributed by atoms with Gasteiger partial charge in [-0.15, -0.1) is 0 Å². The van der Waals surface area contributed by atoms with Crippen molar-refractivity contribution >= 4 is 11.9 Å². The molecule has 17 heavy (non-hydrogen) atoms. The molecule has 0 rings (SSSR count). The first-order chi connectivity index (χ1) is 7.94. The normalized spacial score (nSPS) is 13.0. The van der Waals surface area contributed by atoms with Crippen LogP contribution in [0.4, 0.5) is 0 Å². The van der Waals surface area contributed by atoms with Crippen LogP contribution < -0.4 is 0 Å². The van der Waals surface area contributed by atoms with E-state index < -0.39 is 17.4 Å². The second-order valence-corrected chi connectivity index (χ2v) is 4.00. The molecule has 0 fully saturated rings. The molecule has 0 saturated heterocycles. The summed E-state index contributed by atoms with van der Waals surface area (Å²) in [6, 6.07) is 0. The monoisotopic (exact) mass is 246 g/mol. The molecule has 0 aliphatic rings. The minimum atomic E-state index is -1.32. The van der Waals surface area contributed by atoms with Crippen LogP contribution in [0.3, 0.4) is 0 Å². The van der Waals surface area contributed by atoms with Gasteiger partial charge >= 0.3 is 11.9 Å². The maximum atomic E-state index is 11.9. The van der Waals surface area contributed by atoms with Gasteiger partial charge in [-0.25, -0.2) is 0 Å². The van der Waals surface area contributed by atoms with Gasteiger partial charge in [0.05, 0.1) is 19.8 Å². The van der Waals surface area contributed by atoms with Crippen molar-refractivity contribution in [1.82, 2.24) is 0 Å². The first-order valence-corrected chi connectivity index (χ1v) is 5.78. The fourth-order valence-corrected chi connectivity index (χ4v) is 1.46. The van der Waals surface area contributed by atoms with Crippen LogP contribution in [0.15, 0.2) is 0 Å². The molecule has 0 heterocycles. The van der Waals surface area contributed by atoms with E-state index in [1.165, 1.54) is 14.0 Å². The van der Waals surface area contributed by atoms with Crippen LogP contribution in [0.1, 0.15) is 27.7 Å². The predicted molar refractivity (Wildman–Crippen MR) is 62.4 cm³/mol. The van der Waals surface area contributed by atoms with Gasteiger partial charge in [-0.05, 0) is 20.8 Å². The van der Waals surface area contributed by atoms with Gasteiger partial charge in [0.2, 0.25) is 0 Å². The topological polar surface area (TPSA) is 61.8 Å². The van der Waals surface area contributed by atoms with Crippen molar-refractivity contribution in [2.24, 2.45) is 11.3 Å². The van der Waals surface area contributed by atoms with Gasteiger partial charge in [-0.3, -0.25) is 9.59 Å². The number of esters is 2. The largest absolute Gasteiger partial charge is 0.465 e. The number of hydrogen-bond donors (Lipinski definition) is 0. The van der Waals surface area contributed by atoms with Gasteiger partial charge in [0.1, 0.15) is 0 Å². The molecule has 0 bridgehead atoms. The average Bonchev–Trinajstić information content (AvgIpc) is 2.28. The molecule has 0 aromatic heterocycles. The lowest BCUT2D eigenvalue weighted by atomic mass is 9.78. The summed E-state index contributed by atoms with van der Waals surface area (Å²) in [4.78, 5) is 23.8. The third-order valence-electron chi connectivity index (χ3n) is 2.80. The average molecular weight is 246 g/mol. The fraction of sp³-hybridized carbons (Fsp3) is 0.833. The summed E-state index contributed by atoms with van der Waals surface area (Å²) < 4.78 is 14.9. The lowest BCUT2D eigenvalue weighted by Crippen LogP contribution is -2.46. The molecule has 100 valence electrons. The van der Waals surface area contributed by atoms with E-state index in [2.05, 4.69) is 0 Å². The Bertz CT molecular complexity index is 244. The summed E-state index contributed by atoms with van der Waals surface area (Å²) in [5.41, 5.74) is -1.32. The molecule has 5 heteroatoms. The van der Waals surface area contributed by atoms with Crippen LogP contribution in [-0.2, 0) is 23.8 Å². The molecular formula is C12H22O5. The molecule has 1 atom stereocenters.